The van der Waals surface area contributed by atoms with E-state index >= 15 is 0 Å². The molecule has 0 aliphatic carbocycles. The van der Waals surface area contributed by atoms with Gasteiger partial charge in [0.05, 0.1) is 11.9 Å². The Morgan fingerprint density at radius 1 is 1.17 bits per heavy atom. The number of halogens is 1. The van der Waals surface area contributed by atoms with Gasteiger partial charge in [0.1, 0.15) is 5.25 Å². The summed E-state index contributed by atoms with van der Waals surface area (Å²) in [7, 11) is 3.94. The molecule has 0 radical (unpaired) electrons. The number of imide groups is 1. The molecule has 0 spiro atoms. The number of rotatable bonds is 5. The summed E-state index contributed by atoms with van der Waals surface area (Å²) in [6.45, 7) is 0. The second-order valence-corrected chi connectivity index (χ2v) is 8.66. The molecule has 0 aromatic heterocycles. The summed E-state index contributed by atoms with van der Waals surface area (Å²) in [6.07, 6.45) is 1.66. The molecule has 2 aromatic rings. The third-order valence-electron chi connectivity index (χ3n) is 4.23. The van der Waals surface area contributed by atoms with Gasteiger partial charge in [-0.2, -0.15) is 5.10 Å². The molecule has 0 unspecified atom stereocenters. The molecular weight excluding hydrogens is 454 g/mol. The van der Waals surface area contributed by atoms with Crippen molar-refractivity contribution in [1.29, 1.82) is 0 Å². The Balaban J connectivity index is 1.62. The number of carbonyl (C=O) groups is 2. The van der Waals surface area contributed by atoms with Gasteiger partial charge in [0.15, 0.2) is 5.17 Å². The van der Waals surface area contributed by atoms with Gasteiger partial charge in [0.2, 0.25) is 11.8 Å². The summed E-state index contributed by atoms with van der Waals surface area (Å²) >= 11 is 4.39. The Labute approximate surface area is 181 Å². The van der Waals surface area contributed by atoms with Crippen LogP contribution in [0.3, 0.4) is 0 Å². The lowest BCUT2D eigenvalue weighted by molar-refractivity contribution is -0.121. The lowest BCUT2D eigenvalue weighted by atomic mass is 10.2. The number of amidine groups is 1. The van der Waals surface area contributed by atoms with Crippen LogP contribution in [0.2, 0.25) is 0 Å². The van der Waals surface area contributed by atoms with Gasteiger partial charge in [0, 0.05) is 30.7 Å². The number of amides is 2. The van der Waals surface area contributed by atoms with Crippen LogP contribution in [-0.2, 0) is 9.59 Å². The standard InChI is InChI=1S/C20H20BrN5O2S/c1-25(2)15-7-3-13(4-8-15)12-23-24-20(22)29-17-11-18(27)26(19(17)28)16-9-5-14(21)6-10-16/h3-10,12,17H,11H2,1-2H3,(H2,22,24)/b23-12-/t17-/m1/s1. The number of hydrogen-bond acceptors (Lipinski definition) is 6. The maximum absolute atomic E-state index is 12.6. The summed E-state index contributed by atoms with van der Waals surface area (Å²) in [5, 5.41) is 7.44. The number of nitrogens with zero attached hydrogens (tertiary/aromatic N) is 4. The Morgan fingerprint density at radius 3 is 2.45 bits per heavy atom. The predicted octanol–water partition coefficient (Wildman–Crippen LogP) is 3.23. The van der Waals surface area contributed by atoms with Crippen molar-refractivity contribution in [2.24, 2.45) is 15.9 Å². The molecule has 1 heterocycles. The summed E-state index contributed by atoms with van der Waals surface area (Å²) in [4.78, 5) is 28.1. The van der Waals surface area contributed by atoms with E-state index in [1.165, 1.54) is 4.90 Å². The van der Waals surface area contributed by atoms with E-state index in [9.17, 15) is 9.59 Å². The van der Waals surface area contributed by atoms with Crippen molar-refractivity contribution in [3.8, 4) is 0 Å². The zero-order chi connectivity index (χ0) is 21.0. The molecule has 1 aliphatic heterocycles. The highest BCUT2D eigenvalue weighted by molar-refractivity contribution is 9.10. The van der Waals surface area contributed by atoms with E-state index in [1.807, 2.05) is 43.3 Å². The monoisotopic (exact) mass is 473 g/mol. The molecular formula is C20H20BrN5O2S. The lowest BCUT2D eigenvalue weighted by Crippen LogP contribution is -2.31. The molecule has 9 heteroatoms. The number of thioether (sulfide) groups is 1. The highest BCUT2D eigenvalue weighted by atomic mass is 79.9. The van der Waals surface area contributed by atoms with E-state index in [2.05, 4.69) is 26.1 Å². The van der Waals surface area contributed by atoms with E-state index in [4.69, 9.17) is 5.73 Å². The predicted molar refractivity (Wildman–Crippen MR) is 123 cm³/mol. The number of anilines is 2. The molecule has 1 fully saturated rings. The Morgan fingerprint density at radius 2 is 1.83 bits per heavy atom. The van der Waals surface area contributed by atoms with E-state index < -0.39 is 5.25 Å². The molecule has 2 aromatic carbocycles. The number of carbonyl (C=O) groups excluding carboxylic acids is 2. The van der Waals surface area contributed by atoms with Crippen LogP contribution in [0.25, 0.3) is 0 Å². The summed E-state index contributed by atoms with van der Waals surface area (Å²) in [5.74, 6) is -0.559. The average Bonchev–Trinajstić information content (AvgIpc) is 2.96. The zero-order valence-electron chi connectivity index (χ0n) is 15.9. The van der Waals surface area contributed by atoms with Crippen molar-refractivity contribution in [1.82, 2.24) is 0 Å². The quantitative estimate of drug-likeness (QED) is 0.311. The van der Waals surface area contributed by atoms with Gasteiger partial charge in [-0.1, -0.05) is 39.8 Å². The first kappa shape index (κ1) is 21.1. The molecule has 7 nitrogen and oxygen atoms in total. The van der Waals surface area contributed by atoms with Crippen LogP contribution in [0.1, 0.15) is 12.0 Å². The van der Waals surface area contributed by atoms with Gasteiger partial charge in [-0.05, 0) is 42.0 Å². The van der Waals surface area contributed by atoms with Gasteiger partial charge in [-0.25, -0.2) is 4.90 Å². The van der Waals surface area contributed by atoms with E-state index in [0.29, 0.717) is 5.69 Å². The van der Waals surface area contributed by atoms with Gasteiger partial charge < -0.3 is 10.6 Å². The second-order valence-electron chi connectivity index (χ2n) is 6.52. The molecule has 150 valence electrons. The molecule has 0 bridgehead atoms. The fourth-order valence-electron chi connectivity index (χ4n) is 2.74. The third kappa shape index (κ3) is 5.24. The third-order valence-corrected chi connectivity index (χ3v) is 5.73. The molecule has 1 aliphatic rings. The zero-order valence-corrected chi connectivity index (χ0v) is 18.4. The van der Waals surface area contributed by atoms with Gasteiger partial charge >= 0.3 is 0 Å². The van der Waals surface area contributed by atoms with Crippen LogP contribution >= 0.6 is 27.7 Å². The van der Waals surface area contributed by atoms with Gasteiger partial charge in [-0.15, -0.1) is 5.10 Å². The Bertz CT molecular complexity index is 958. The van der Waals surface area contributed by atoms with E-state index in [0.717, 1.165) is 27.5 Å². The Kier molecular flexibility index (Phi) is 6.71. The summed E-state index contributed by atoms with van der Waals surface area (Å²) in [5.41, 5.74) is 8.40. The first-order valence-electron chi connectivity index (χ1n) is 8.78. The van der Waals surface area contributed by atoms with Crippen molar-refractivity contribution in [3.63, 3.8) is 0 Å². The molecule has 29 heavy (non-hydrogen) atoms. The highest BCUT2D eigenvalue weighted by Gasteiger charge is 2.40. The topological polar surface area (TPSA) is 91.4 Å². The van der Waals surface area contributed by atoms with Crippen molar-refractivity contribution in [2.75, 3.05) is 23.9 Å². The van der Waals surface area contributed by atoms with Gasteiger partial charge in [0.25, 0.3) is 0 Å². The van der Waals surface area contributed by atoms with Crippen LogP contribution < -0.4 is 15.5 Å². The van der Waals surface area contributed by atoms with Crippen LogP contribution in [-0.4, -0.2) is 42.5 Å². The normalized spacial score (nSPS) is 17.4. The molecule has 2 amide bonds. The fourth-order valence-corrected chi connectivity index (χ4v) is 3.82. The van der Waals surface area contributed by atoms with Gasteiger partial charge in [-0.3, -0.25) is 9.59 Å². The van der Waals surface area contributed by atoms with Crippen LogP contribution in [0.5, 0.6) is 0 Å². The summed E-state index contributed by atoms with van der Waals surface area (Å²) in [6, 6.07) is 14.8. The van der Waals surface area contributed by atoms with Crippen molar-refractivity contribution in [3.05, 3.63) is 58.6 Å². The SMILES string of the molecule is CN(C)c1ccc(/C=N\N=C(N)S[C@@H]2CC(=O)N(c3ccc(Br)cc3)C2=O)cc1. The number of nitrogens with two attached hydrogens (primary N) is 1. The lowest BCUT2D eigenvalue weighted by Gasteiger charge is -2.14. The minimum absolute atomic E-state index is 0.0749. The van der Waals surface area contributed by atoms with Crippen molar-refractivity contribution >= 4 is 62.3 Å². The maximum Gasteiger partial charge on any atom is 0.247 e. The number of benzene rings is 2. The van der Waals surface area contributed by atoms with Crippen molar-refractivity contribution < 1.29 is 9.59 Å². The Hall–Kier alpha value is -2.65. The van der Waals surface area contributed by atoms with Crippen LogP contribution in [0.4, 0.5) is 11.4 Å². The number of hydrogen-bond donors (Lipinski definition) is 1. The van der Waals surface area contributed by atoms with Crippen LogP contribution in [0, 0.1) is 0 Å². The smallest absolute Gasteiger partial charge is 0.247 e. The molecule has 2 N–H and O–H groups in total. The minimum atomic E-state index is -0.607. The second kappa shape index (κ2) is 9.23. The minimum Gasteiger partial charge on any atom is -0.378 e. The molecule has 1 saturated heterocycles. The molecule has 0 saturated carbocycles. The maximum atomic E-state index is 12.6. The first-order chi connectivity index (χ1) is 13.8. The molecule has 1 atom stereocenters. The highest BCUT2D eigenvalue weighted by Crippen LogP contribution is 2.30. The van der Waals surface area contributed by atoms with E-state index in [-0.39, 0.29) is 23.4 Å². The summed E-state index contributed by atoms with van der Waals surface area (Å²) < 4.78 is 0.872. The largest absolute Gasteiger partial charge is 0.378 e. The molecule has 3 rings (SSSR count). The van der Waals surface area contributed by atoms with Crippen LogP contribution in [0.15, 0.2) is 63.2 Å². The fraction of sp³-hybridized carbons (Fsp3) is 0.200. The first-order valence-corrected chi connectivity index (χ1v) is 10.5. The van der Waals surface area contributed by atoms with E-state index in [1.54, 1.807) is 30.5 Å². The average molecular weight is 474 g/mol. The van der Waals surface area contributed by atoms with Crippen molar-refractivity contribution in [2.45, 2.75) is 11.7 Å².